The van der Waals surface area contributed by atoms with E-state index < -0.39 is 0 Å². The second-order valence-electron chi connectivity index (χ2n) is 17.5. The highest BCUT2D eigenvalue weighted by atomic mass is 14.7. The highest BCUT2D eigenvalue weighted by Crippen LogP contribution is 2.45. The minimum atomic E-state index is 0.881. The standard InChI is InChI=1S/C64H42N2/c1-3-17-41(18-4-1)47-37-61(43-19-5-2-6-20-43)65-62(38-47)44-33-31-42(32-34-44)56-39-60-58(57-35-45-21-7-9-23-48(45)50-25-11-13-27-52(50)57)40-63(66-64(60)55-30-16-15-29-54(55)56)59-36-46-22-8-10-24-49(46)51-26-12-14-28-53(51)59/h1-31,33,35-40H,32,34H2. The van der Waals surface area contributed by atoms with Crippen LogP contribution in [0.1, 0.15) is 24.1 Å². The minimum absolute atomic E-state index is 0.881. The second-order valence-corrected chi connectivity index (χ2v) is 17.5. The van der Waals surface area contributed by atoms with E-state index in [-0.39, 0.29) is 0 Å². The van der Waals surface area contributed by atoms with Crippen molar-refractivity contribution in [1.29, 1.82) is 0 Å². The summed E-state index contributed by atoms with van der Waals surface area (Å²) in [5, 5.41) is 13.4. The Kier molecular flexibility index (Phi) is 9.02. The first-order valence-corrected chi connectivity index (χ1v) is 22.9. The molecule has 66 heavy (non-hydrogen) atoms. The minimum Gasteiger partial charge on any atom is -0.248 e. The van der Waals surface area contributed by atoms with Crippen molar-refractivity contribution in [2.45, 2.75) is 12.8 Å². The Bertz CT molecular complexity index is 3920. The molecule has 10 aromatic carbocycles. The molecular weight excluding hydrogens is 797 g/mol. The Balaban J connectivity index is 1.05. The van der Waals surface area contributed by atoms with Crippen molar-refractivity contribution < 1.29 is 0 Å². The fraction of sp³-hybridized carbons (Fsp3) is 0.0312. The summed E-state index contributed by atoms with van der Waals surface area (Å²) < 4.78 is 0. The van der Waals surface area contributed by atoms with Gasteiger partial charge in [0, 0.05) is 21.9 Å². The Morgan fingerprint density at radius 1 is 0.258 bits per heavy atom. The summed E-state index contributed by atoms with van der Waals surface area (Å²) in [6, 6.07) is 79.3. The molecule has 1 aliphatic rings. The number of fused-ring (bicyclic) bond motifs is 9. The molecule has 0 N–H and O–H groups in total. The predicted molar refractivity (Wildman–Crippen MR) is 280 cm³/mol. The van der Waals surface area contributed by atoms with E-state index in [0.29, 0.717) is 0 Å². The molecule has 0 unspecified atom stereocenters. The zero-order valence-electron chi connectivity index (χ0n) is 36.2. The molecule has 0 bridgehead atoms. The zero-order chi connectivity index (χ0) is 43.6. The van der Waals surface area contributed by atoms with Crippen LogP contribution >= 0.6 is 0 Å². The van der Waals surface area contributed by atoms with Crippen LogP contribution in [0.5, 0.6) is 0 Å². The lowest BCUT2D eigenvalue weighted by atomic mass is 9.85. The summed E-state index contributed by atoms with van der Waals surface area (Å²) in [6.07, 6.45) is 6.43. The Labute approximate surface area is 383 Å². The summed E-state index contributed by atoms with van der Waals surface area (Å²) in [5.41, 5.74) is 14.8. The molecular formula is C64H42N2. The lowest BCUT2D eigenvalue weighted by Gasteiger charge is -2.21. The van der Waals surface area contributed by atoms with Gasteiger partial charge in [-0.2, -0.15) is 0 Å². The fourth-order valence-corrected chi connectivity index (χ4v) is 10.5. The fourth-order valence-electron chi connectivity index (χ4n) is 10.5. The molecule has 0 spiro atoms. The summed E-state index contributed by atoms with van der Waals surface area (Å²) in [5.74, 6) is 0. The first kappa shape index (κ1) is 38.0. The monoisotopic (exact) mass is 838 g/mol. The number of hydrogen-bond acceptors (Lipinski definition) is 2. The van der Waals surface area contributed by atoms with Crippen molar-refractivity contribution in [2.24, 2.45) is 0 Å². The van der Waals surface area contributed by atoms with Gasteiger partial charge in [0.2, 0.25) is 0 Å². The molecule has 1 aliphatic carbocycles. The van der Waals surface area contributed by atoms with Gasteiger partial charge >= 0.3 is 0 Å². The zero-order valence-corrected chi connectivity index (χ0v) is 36.2. The maximum absolute atomic E-state index is 5.72. The van der Waals surface area contributed by atoms with Gasteiger partial charge in [-0.15, -0.1) is 0 Å². The third-order valence-corrected chi connectivity index (χ3v) is 13.7. The molecule has 0 saturated heterocycles. The van der Waals surface area contributed by atoms with Gasteiger partial charge in [-0.1, -0.05) is 194 Å². The molecule has 2 aromatic heterocycles. The molecule has 0 aliphatic heterocycles. The first-order chi connectivity index (χ1) is 32.7. The van der Waals surface area contributed by atoms with Crippen LogP contribution in [-0.4, -0.2) is 9.97 Å². The lowest BCUT2D eigenvalue weighted by Crippen LogP contribution is -2.00. The third-order valence-electron chi connectivity index (χ3n) is 13.7. The number of benzene rings is 10. The quantitative estimate of drug-likeness (QED) is 0.156. The van der Waals surface area contributed by atoms with Crippen LogP contribution in [0.4, 0.5) is 0 Å². The van der Waals surface area contributed by atoms with E-state index in [1.54, 1.807) is 0 Å². The molecule has 0 fully saturated rings. The average Bonchev–Trinajstić information content (AvgIpc) is 3.40. The van der Waals surface area contributed by atoms with E-state index >= 15 is 0 Å². The van der Waals surface area contributed by atoms with Gasteiger partial charge in [0.1, 0.15) is 0 Å². The van der Waals surface area contributed by atoms with Crippen LogP contribution in [-0.2, 0) is 0 Å². The normalized spacial score (nSPS) is 12.9. The molecule has 0 amide bonds. The topological polar surface area (TPSA) is 25.8 Å². The lowest BCUT2D eigenvalue weighted by molar-refractivity contribution is 1.06. The van der Waals surface area contributed by atoms with Gasteiger partial charge in [-0.05, 0) is 137 Å². The van der Waals surface area contributed by atoms with Gasteiger partial charge in [0.25, 0.3) is 0 Å². The Morgan fingerprint density at radius 2 is 0.727 bits per heavy atom. The van der Waals surface area contributed by atoms with Crippen LogP contribution in [0.25, 0.3) is 121 Å². The largest absolute Gasteiger partial charge is 0.248 e. The average molecular weight is 839 g/mol. The Hall–Kier alpha value is -8.46. The van der Waals surface area contributed by atoms with Crippen LogP contribution < -0.4 is 0 Å². The van der Waals surface area contributed by atoms with Gasteiger partial charge in [-0.25, -0.2) is 9.97 Å². The summed E-state index contributed by atoms with van der Waals surface area (Å²) in [4.78, 5) is 11.0. The number of nitrogens with zero attached hydrogens (tertiary/aromatic N) is 2. The Morgan fingerprint density at radius 3 is 1.36 bits per heavy atom. The highest BCUT2D eigenvalue weighted by molar-refractivity contribution is 6.21. The van der Waals surface area contributed by atoms with Crippen LogP contribution in [0, 0.1) is 0 Å². The SMILES string of the molecule is C1=C(c2cc(-c3ccccc3)cc(-c3ccccc3)n2)CCC(c2cc3c(-c4cc5ccccc5c5ccccc45)cc(-c4cc5ccccc5c5ccccc45)nc3c3ccccc23)=C1. The van der Waals surface area contributed by atoms with Crippen LogP contribution in [0.2, 0.25) is 0 Å². The summed E-state index contributed by atoms with van der Waals surface area (Å²) >= 11 is 0. The smallest absolute Gasteiger partial charge is 0.0794 e. The molecule has 308 valence electrons. The van der Waals surface area contributed by atoms with E-state index in [4.69, 9.17) is 9.97 Å². The van der Waals surface area contributed by atoms with Gasteiger partial charge in [0.05, 0.1) is 22.6 Å². The van der Waals surface area contributed by atoms with Gasteiger partial charge < -0.3 is 0 Å². The van der Waals surface area contributed by atoms with Crippen molar-refractivity contribution in [3.05, 3.63) is 242 Å². The van der Waals surface area contributed by atoms with E-state index in [1.165, 1.54) is 87.4 Å². The van der Waals surface area contributed by atoms with Crippen molar-refractivity contribution in [1.82, 2.24) is 9.97 Å². The maximum atomic E-state index is 5.72. The molecule has 13 rings (SSSR count). The molecule has 12 aromatic rings. The van der Waals surface area contributed by atoms with E-state index in [2.05, 4.69) is 231 Å². The molecule has 0 radical (unpaired) electrons. The van der Waals surface area contributed by atoms with Crippen molar-refractivity contribution >= 4 is 75.9 Å². The third kappa shape index (κ3) is 6.41. The van der Waals surface area contributed by atoms with E-state index in [1.807, 2.05) is 0 Å². The van der Waals surface area contributed by atoms with Crippen molar-refractivity contribution in [3.63, 3.8) is 0 Å². The van der Waals surface area contributed by atoms with Gasteiger partial charge in [0.15, 0.2) is 0 Å². The second kappa shape index (κ2) is 15.7. The van der Waals surface area contributed by atoms with E-state index in [0.717, 1.165) is 57.3 Å². The molecule has 0 saturated carbocycles. The highest BCUT2D eigenvalue weighted by Gasteiger charge is 2.22. The predicted octanol–water partition coefficient (Wildman–Crippen LogP) is 17.3. The van der Waals surface area contributed by atoms with Crippen LogP contribution in [0.3, 0.4) is 0 Å². The molecule has 2 nitrogen and oxygen atoms in total. The number of aromatic nitrogens is 2. The number of hydrogen-bond donors (Lipinski definition) is 0. The molecule has 2 heterocycles. The van der Waals surface area contributed by atoms with Gasteiger partial charge in [-0.3, -0.25) is 0 Å². The van der Waals surface area contributed by atoms with E-state index in [9.17, 15) is 0 Å². The summed E-state index contributed by atoms with van der Waals surface area (Å²) in [7, 11) is 0. The number of allylic oxidation sites excluding steroid dienone is 4. The van der Waals surface area contributed by atoms with Crippen LogP contribution in [0.15, 0.2) is 231 Å². The summed E-state index contributed by atoms with van der Waals surface area (Å²) in [6.45, 7) is 0. The molecule has 0 atom stereocenters. The maximum Gasteiger partial charge on any atom is 0.0794 e. The number of pyridine rings is 2. The first-order valence-electron chi connectivity index (χ1n) is 22.9. The van der Waals surface area contributed by atoms with Crippen molar-refractivity contribution in [3.8, 4) is 44.8 Å². The van der Waals surface area contributed by atoms with Crippen molar-refractivity contribution in [2.75, 3.05) is 0 Å². The number of rotatable bonds is 6. The molecule has 2 heteroatoms.